The normalized spacial score (nSPS) is 10.6. The van der Waals surface area contributed by atoms with Crippen LogP contribution < -0.4 is 15.2 Å². The number of nitrogens with two attached hydrogens (primary N) is 1. The Bertz CT molecular complexity index is 458. The Morgan fingerprint density at radius 2 is 2.17 bits per heavy atom. The van der Waals surface area contributed by atoms with Crippen LogP contribution in [0.25, 0.3) is 0 Å². The Morgan fingerprint density at radius 3 is 2.67 bits per heavy atom. The van der Waals surface area contributed by atoms with E-state index in [1.54, 1.807) is 6.08 Å². The second kappa shape index (κ2) is 6.61. The Labute approximate surface area is 105 Å². The van der Waals surface area contributed by atoms with Crippen LogP contribution in [0.3, 0.4) is 0 Å². The summed E-state index contributed by atoms with van der Waals surface area (Å²) in [6.45, 7) is 2.26. The number of nitrogens with zero attached hydrogens (tertiary/aromatic N) is 1. The lowest BCUT2D eigenvalue weighted by molar-refractivity contribution is -0.385. The number of ether oxygens (including phenoxy) is 2. The van der Waals surface area contributed by atoms with Gasteiger partial charge in [0, 0.05) is 12.1 Å². The van der Waals surface area contributed by atoms with E-state index in [1.165, 1.54) is 19.2 Å². The minimum atomic E-state index is -0.482. The summed E-state index contributed by atoms with van der Waals surface area (Å²) in [5, 5.41) is 10.9. The lowest BCUT2D eigenvalue weighted by Crippen LogP contribution is -2.04. The van der Waals surface area contributed by atoms with E-state index in [1.807, 2.05) is 13.0 Å². The van der Waals surface area contributed by atoms with Gasteiger partial charge in [-0.25, -0.2) is 0 Å². The first kappa shape index (κ1) is 14.0. The second-order valence-electron chi connectivity index (χ2n) is 3.47. The van der Waals surface area contributed by atoms with Gasteiger partial charge in [0.1, 0.15) is 6.61 Å². The Hall–Kier alpha value is -2.08. The maximum atomic E-state index is 10.9. The first-order valence-corrected chi connectivity index (χ1v) is 5.43. The van der Waals surface area contributed by atoms with Gasteiger partial charge in [0.15, 0.2) is 11.5 Å². The molecule has 1 aromatic carbocycles. The molecule has 0 aliphatic carbocycles. The summed E-state index contributed by atoms with van der Waals surface area (Å²) in [6.07, 6.45) is 3.62. The zero-order chi connectivity index (χ0) is 13.5. The highest BCUT2D eigenvalue weighted by molar-refractivity contribution is 5.54. The molecule has 0 fully saturated rings. The molecule has 0 heterocycles. The molecule has 0 bridgehead atoms. The third-order valence-corrected chi connectivity index (χ3v) is 2.35. The molecule has 0 unspecified atom stereocenters. The van der Waals surface area contributed by atoms with Crippen molar-refractivity contribution in [2.24, 2.45) is 5.73 Å². The summed E-state index contributed by atoms with van der Waals surface area (Å²) >= 11 is 0. The van der Waals surface area contributed by atoms with Gasteiger partial charge in [0.2, 0.25) is 0 Å². The van der Waals surface area contributed by atoms with Crippen LogP contribution in [0.1, 0.15) is 12.5 Å². The number of nitro groups is 1. The summed E-state index contributed by atoms with van der Waals surface area (Å²) in [4.78, 5) is 10.4. The van der Waals surface area contributed by atoms with Gasteiger partial charge in [-0.2, -0.15) is 0 Å². The van der Waals surface area contributed by atoms with Crippen LogP contribution in [0.5, 0.6) is 11.5 Å². The Balaban J connectivity index is 3.14. The molecule has 6 heteroatoms. The fraction of sp³-hybridized carbons (Fsp3) is 0.333. The van der Waals surface area contributed by atoms with Crippen LogP contribution in [0.2, 0.25) is 0 Å². The highest BCUT2D eigenvalue weighted by atomic mass is 16.6. The highest BCUT2D eigenvalue weighted by Gasteiger charge is 2.18. The van der Waals surface area contributed by atoms with Crippen LogP contribution in [0.15, 0.2) is 24.3 Å². The third-order valence-electron chi connectivity index (χ3n) is 2.35. The molecule has 0 saturated carbocycles. The smallest absolute Gasteiger partial charge is 0.277 e. The average molecular weight is 252 g/mol. The molecule has 2 N–H and O–H groups in total. The monoisotopic (exact) mass is 252 g/mol. The molecule has 0 spiro atoms. The summed E-state index contributed by atoms with van der Waals surface area (Å²) in [5.41, 5.74) is 5.82. The molecular weight excluding hydrogens is 236 g/mol. The number of rotatable bonds is 6. The molecule has 18 heavy (non-hydrogen) atoms. The van der Waals surface area contributed by atoms with Crippen molar-refractivity contribution < 1.29 is 14.4 Å². The van der Waals surface area contributed by atoms with E-state index in [0.29, 0.717) is 23.7 Å². The van der Waals surface area contributed by atoms with Crippen molar-refractivity contribution in [3.8, 4) is 11.5 Å². The molecule has 1 aromatic rings. The van der Waals surface area contributed by atoms with Gasteiger partial charge in [0.05, 0.1) is 18.1 Å². The SMILES string of the molecule is C/C=C/COc1cc([N+](=O)[O-])c(CN)cc1OC. The molecular formula is C12H16N2O4. The zero-order valence-electron chi connectivity index (χ0n) is 10.4. The van der Waals surface area contributed by atoms with Crippen molar-refractivity contribution in [2.45, 2.75) is 13.5 Å². The van der Waals surface area contributed by atoms with E-state index in [0.717, 1.165) is 0 Å². The number of methoxy groups -OCH3 is 1. The predicted octanol–water partition coefficient (Wildman–Crippen LogP) is 2.02. The zero-order valence-corrected chi connectivity index (χ0v) is 10.4. The Kier molecular flexibility index (Phi) is 5.13. The minimum Gasteiger partial charge on any atom is -0.493 e. The molecule has 98 valence electrons. The number of allylic oxidation sites excluding steroid dienone is 1. The second-order valence-corrected chi connectivity index (χ2v) is 3.47. The fourth-order valence-electron chi connectivity index (χ4n) is 1.43. The van der Waals surface area contributed by atoms with Crippen molar-refractivity contribution >= 4 is 5.69 Å². The van der Waals surface area contributed by atoms with Gasteiger partial charge >= 0.3 is 0 Å². The van der Waals surface area contributed by atoms with Crippen molar-refractivity contribution in [1.82, 2.24) is 0 Å². The van der Waals surface area contributed by atoms with Crippen molar-refractivity contribution in [3.05, 3.63) is 40.0 Å². The maximum absolute atomic E-state index is 10.9. The molecule has 6 nitrogen and oxygen atoms in total. The molecule has 1 rings (SSSR count). The van der Waals surface area contributed by atoms with Gasteiger partial charge in [-0.05, 0) is 13.0 Å². The van der Waals surface area contributed by atoms with Crippen LogP contribution in [-0.2, 0) is 6.54 Å². The van der Waals surface area contributed by atoms with Crippen molar-refractivity contribution in [1.29, 1.82) is 0 Å². The average Bonchev–Trinajstić information content (AvgIpc) is 2.38. The molecule has 0 aromatic heterocycles. The lowest BCUT2D eigenvalue weighted by Gasteiger charge is -2.11. The van der Waals surface area contributed by atoms with Gasteiger partial charge in [-0.15, -0.1) is 0 Å². The van der Waals surface area contributed by atoms with E-state index in [9.17, 15) is 10.1 Å². The predicted molar refractivity (Wildman–Crippen MR) is 67.8 cm³/mol. The van der Waals surface area contributed by atoms with Gasteiger partial charge in [-0.3, -0.25) is 10.1 Å². The Morgan fingerprint density at radius 1 is 1.44 bits per heavy atom. The van der Waals surface area contributed by atoms with Crippen molar-refractivity contribution in [3.63, 3.8) is 0 Å². The van der Waals surface area contributed by atoms with E-state index in [4.69, 9.17) is 15.2 Å². The van der Waals surface area contributed by atoms with E-state index < -0.39 is 4.92 Å². The maximum Gasteiger partial charge on any atom is 0.277 e. The number of hydrogen-bond acceptors (Lipinski definition) is 5. The van der Waals surface area contributed by atoms with Crippen molar-refractivity contribution in [2.75, 3.05) is 13.7 Å². The largest absolute Gasteiger partial charge is 0.493 e. The van der Waals surface area contributed by atoms with Gasteiger partial charge < -0.3 is 15.2 Å². The van der Waals surface area contributed by atoms with E-state index in [-0.39, 0.29) is 12.2 Å². The number of nitro benzene ring substituents is 1. The summed E-state index contributed by atoms with van der Waals surface area (Å²) in [7, 11) is 1.48. The number of benzene rings is 1. The van der Waals surface area contributed by atoms with E-state index >= 15 is 0 Å². The fourth-order valence-corrected chi connectivity index (χ4v) is 1.43. The van der Waals surface area contributed by atoms with E-state index in [2.05, 4.69) is 0 Å². The quantitative estimate of drug-likeness (QED) is 0.475. The number of hydrogen-bond donors (Lipinski definition) is 1. The molecule has 0 saturated heterocycles. The van der Waals surface area contributed by atoms with Crippen LogP contribution in [0.4, 0.5) is 5.69 Å². The molecule has 0 amide bonds. The molecule has 0 aliphatic rings. The highest BCUT2D eigenvalue weighted by Crippen LogP contribution is 2.34. The van der Waals surface area contributed by atoms with Crippen LogP contribution in [0, 0.1) is 10.1 Å². The molecule has 0 aliphatic heterocycles. The lowest BCUT2D eigenvalue weighted by atomic mass is 10.1. The third kappa shape index (κ3) is 3.21. The molecule has 0 atom stereocenters. The topological polar surface area (TPSA) is 87.6 Å². The minimum absolute atomic E-state index is 0.0613. The first-order chi connectivity index (χ1) is 8.63. The van der Waals surface area contributed by atoms with Crippen LogP contribution in [-0.4, -0.2) is 18.6 Å². The standard InChI is InChI=1S/C12H16N2O4/c1-3-4-5-18-12-7-10(14(15)16)9(8-13)6-11(12)17-2/h3-4,6-7H,5,8,13H2,1-2H3/b4-3+. The molecule has 0 radical (unpaired) electrons. The van der Waals surface area contributed by atoms with Gasteiger partial charge in [0.25, 0.3) is 5.69 Å². The summed E-state index contributed by atoms with van der Waals surface area (Å²) in [5.74, 6) is 0.769. The summed E-state index contributed by atoms with van der Waals surface area (Å²) in [6, 6.07) is 2.87. The first-order valence-electron chi connectivity index (χ1n) is 5.43. The van der Waals surface area contributed by atoms with Crippen LogP contribution >= 0.6 is 0 Å². The summed E-state index contributed by atoms with van der Waals surface area (Å²) < 4.78 is 10.5. The van der Waals surface area contributed by atoms with Gasteiger partial charge in [-0.1, -0.05) is 12.2 Å².